The molecule has 0 aliphatic heterocycles. The van der Waals surface area contributed by atoms with E-state index in [2.05, 4.69) is 4.98 Å². The number of hydrogen-bond donors (Lipinski definition) is 0. The van der Waals surface area contributed by atoms with Crippen molar-refractivity contribution < 1.29 is 9.53 Å². The molecule has 0 fully saturated rings. The summed E-state index contributed by atoms with van der Waals surface area (Å²) in [6.45, 7) is 1.84. The molecule has 0 spiro atoms. The highest BCUT2D eigenvalue weighted by molar-refractivity contribution is 7.16. The van der Waals surface area contributed by atoms with Crippen LogP contribution in [0.15, 0.2) is 24.3 Å². The van der Waals surface area contributed by atoms with E-state index >= 15 is 0 Å². The van der Waals surface area contributed by atoms with Gasteiger partial charge in [-0.3, -0.25) is 4.79 Å². The van der Waals surface area contributed by atoms with Crippen LogP contribution in [-0.2, 0) is 0 Å². The van der Waals surface area contributed by atoms with E-state index in [0.717, 1.165) is 28.3 Å². The first-order chi connectivity index (χ1) is 7.74. The van der Waals surface area contributed by atoms with Crippen molar-refractivity contribution in [2.24, 2.45) is 0 Å². The highest BCUT2D eigenvalue weighted by Gasteiger charge is 2.08. The number of nitrogens with zero attached hydrogens (tertiary/aromatic N) is 1. The summed E-state index contributed by atoms with van der Waals surface area (Å²) in [6, 6.07) is 7.65. The number of rotatable bonds is 3. The number of aldehydes is 1. The maximum absolute atomic E-state index is 10.7. The average Bonchev–Trinajstić information content (AvgIpc) is 2.71. The summed E-state index contributed by atoms with van der Waals surface area (Å²) < 4.78 is 5.15. The maximum atomic E-state index is 10.7. The molecule has 0 N–H and O–H groups in total. The lowest BCUT2D eigenvalue weighted by Gasteiger charge is -2.00. The second-order valence-electron chi connectivity index (χ2n) is 3.32. The lowest BCUT2D eigenvalue weighted by atomic mass is 10.2. The van der Waals surface area contributed by atoms with Crippen molar-refractivity contribution >= 4 is 17.6 Å². The Morgan fingerprint density at radius 3 is 2.88 bits per heavy atom. The number of benzene rings is 1. The van der Waals surface area contributed by atoms with Gasteiger partial charge in [-0.1, -0.05) is 12.1 Å². The first kappa shape index (κ1) is 10.8. The summed E-state index contributed by atoms with van der Waals surface area (Å²) in [5.41, 5.74) is 1.75. The predicted octanol–water partition coefficient (Wildman–Crippen LogP) is 2.94. The Morgan fingerprint density at radius 1 is 1.44 bits per heavy atom. The zero-order chi connectivity index (χ0) is 11.5. The van der Waals surface area contributed by atoms with Gasteiger partial charge in [-0.15, -0.1) is 11.3 Å². The van der Waals surface area contributed by atoms with Crippen LogP contribution in [0.4, 0.5) is 0 Å². The molecule has 0 amide bonds. The molecule has 0 saturated heterocycles. The molecule has 0 bridgehead atoms. The predicted molar refractivity (Wildman–Crippen MR) is 64.2 cm³/mol. The first-order valence-electron chi connectivity index (χ1n) is 4.81. The third-order valence-electron chi connectivity index (χ3n) is 2.26. The van der Waals surface area contributed by atoms with E-state index in [-0.39, 0.29) is 0 Å². The zero-order valence-electron chi connectivity index (χ0n) is 9.06. The van der Waals surface area contributed by atoms with Crippen LogP contribution in [0, 0.1) is 6.92 Å². The molecule has 0 aliphatic rings. The molecule has 0 radical (unpaired) electrons. The van der Waals surface area contributed by atoms with Gasteiger partial charge in [-0.05, 0) is 19.1 Å². The van der Waals surface area contributed by atoms with Crippen LogP contribution >= 0.6 is 11.3 Å². The Balaban J connectivity index is 2.45. The van der Waals surface area contributed by atoms with E-state index in [1.807, 2.05) is 31.2 Å². The molecule has 0 unspecified atom stereocenters. The minimum atomic E-state index is 0.679. The van der Waals surface area contributed by atoms with Crippen LogP contribution < -0.4 is 4.74 Å². The molecule has 4 heteroatoms. The van der Waals surface area contributed by atoms with E-state index in [1.54, 1.807) is 7.11 Å². The van der Waals surface area contributed by atoms with Gasteiger partial charge < -0.3 is 4.74 Å². The van der Waals surface area contributed by atoms with Crippen LogP contribution in [0.2, 0.25) is 0 Å². The normalized spacial score (nSPS) is 10.1. The molecule has 82 valence electrons. The number of methoxy groups -OCH3 is 1. The van der Waals surface area contributed by atoms with Crippen molar-refractivity contribution in [2.75, 3.05) is 7.11 Å². The van der Waals surface area contributed by atoms with Crippen molar-refractivity contribution in [1.82, 2.24) is 4.98 Å². The fourth-order valence-electron chi connectivity index (χ4n) is 1.40. The second-order valence-corrected chi connectivity index (χ2v) is 4.35. The van der Waals surface area contributed by atoms with Crippen molar-refractivity contribution in [3.05, 3.63) is 34.8 Å². The Bertz CT molecular complexity index is 519. The van der Waals surface area contributed by atoms with Crippen molar-refractivity contribution in [3.63, 3.8) is 0 Å². The number of ether oxygens (including phenoxy) is 1. The van der Waals surface area contributed by atoms with Gasteiger partial charge in [-0.25, -0.2) is 4.98 Å². The summed E-state index contributed by atoms with van der Waals surface area (Å²) >= 11 is 1.40. The van der Waals surface area contributed by atoms with Crippen molar-refractivity contribution in [1.29, 1.82) is 0 Å². The summed E-state index contributed by atoms with van der Waals surface area (Å²) in [7, 11) is 1.63. The first-order valence-corrected chi connectivity index (χ1v) is 5.63. The van der Waals surface area contributed by atoms with E-state index < -0.39 is 0 Å². The molecule has 2 aromatic rings. The molecular formula is C12H11NO2S. The topological polar surface area (TPSA) is 39.2 Å². The van der Waals surface area contributed by atoms with Gasteiger partial charge in [0.05, 0.1) is 17.7 Å². The number of hydrogen-bond acceptors (Lipinski definition) is 4. The number of carbonyl (C=O) groups excluding carboxylic acids is 1. The minimum absolute atomic E-state index is 0.679. The van der Waals surface area contributed by atoms with Crippen LogP contribution in [-0.4, -0.2) is 18.4 Å². The molecule has 16 heavy (non-hydrogen) atoms. The Kier molecular flexibility index (Phi) is 3.01. The summed E-state index contributed by atoms with van der Waals surface area (Å²) in [6.07, 6.45) is 0.844. The standard InChI is InChI=1S/C12H11NO2S/c1-8-11(7-14)16-12(13-8)9-4-3-5-10(6-9)15-2/h3-7H,1-2H3. The summed E-state index contributed by atoms with van der Waals surface area (Å²) in [5, 5.41) is 0.846. The third-order valence-corrected chi connectivity index (χ3v) is 3.39. The lowest BCUT2D eigenvalue weighted by molar-refractivity contribution is 0.112. The molecule has 2 rings (SSSR count). The smallest absolute Gasteiger partial charge is 0.161 e. The zero-order valence-corrected chi connectivity index (χ0v) is 9.88. The Labute approximate surface area is 97.7 Å². The van der Waals surface area contributed by atoms with Gasteiger partial charge in [0.25, 0.3) is 0 Å². The quantitative estimate of drug-likeness (QED) is 0.765. The Morgan fingerprint density at radius 2 is 2.25 bits per heavy atom. The monoisotopic (exact) mass is 233 g/mol. The van der Waals surface area contributed by atoms with Gasteiger partial charge in [0.2, 0.25) is 0 Å². The molecular weight excluding hydrogens is 222 g/mol. The van der Waals surface area contributed by atoms with Crippen LogP contribution in [0.5, 0.6) is 5.75 Å². The number of aryl methyl sites for hydroxylation is 1. The van der Waals surface area contributed by atoms with Gasteiger partial charge in [-0.2, -0.15) is 0 Å². The molecule has 0 atom stereocenters. The van der Waals surface area contributed by atoms with Crippen LogP contribution in [0.25, 0.3) is 10.6 Å². The summed E-state index contributed by atoms with van der Waals surface area (Å²) in [5.74, 6) is 0.790. The third kappa shape index (κ3) is 1.97. The highest BCUT2D eigenvalue weighted by atomic mass is 32.1. The van der Waals surface area contributed by atoms with E-state index in [4.69, 9.17) is 4.74 Å². The van der Waals surface area contributed by atoms with E-state index in [1.165, 1.54) is 11.3 Å². The van der Waals surface area contributed by atoms with Crippen molar-refractivity contribution in [3.8, 4) is 16.3 Å². The molecule has 1 aromatic heterocycles. The fraction of sp³-hybridized carbons (Fsp3) is 0.167. The molecule has 3 nitrogen and oxygen atoms in total. The molecule has 1 heterocycles. The Hall–Kier alpha value is -1.68. The second kappa shape index (κ2) is 4.45. The van der Waals surface area contributed by atoms with E-state index in [0.29, 0.717) is 4.88 Å². The molecule has 0 aliphatic carbocycles. The van der Waals surface area contributed by atoms with Gasteiger partial charge in [0, 0.05) is 5.56 Å². The van der Waals surface area contributed by atoms with Gasteiger partial charge in [0.1, 0.15) is 10.8 Å². The number of aromatic nitrogens is 1. The number of carbonyl (C=O) groups is 1. The van der Waals surface area contributed by atoms with Crippen LogP contribution in [0.1, 0.15) is 15.4 Å². The average molecular weight is 233 g/mol. The van der Waals surface area contributed by atoms with Crippen LogP contribution in [0.3, 0.4) is 0 Å². The largest absolute Gasteiger partial charge is 0.497 e. The number of thiazole rings is 1. The maximum Gasteiger partial charge on any atom is 0.161 e. The molecule has 1 aromatic carbocycles. The van der Waals surface area contributed by atoms with E-state index in [9.17, 15) is 4.79 Å². The fourth-order valence-corrected chi connectivity index (χ4v) is 2.27. The van der Waals surface area contributed by atoms with Crippen molar-refractivity contribution in [2.45, 2.75) is 6.92 Å². The minimum Gasteiger partial charge on any atom is -0.497 e. The lowest BCUT2D eigenvalue weighted by Crippen LogP contribution is -1.83. The SMILES string of the molecule is COc1cccc(-c2nc(C)c(C=O)s2)c1. The van der Waals surface area contributed by atoms with Gasteiger partial charge in [0.15, 0.2) is 6.29 Å². The summed E-state index contributed by atoms with van der Waals surface area (Å²) in [4.78, 5) is 15.8. The molecule has 0 saturated carbocycles. The van der Waals surface area contributed by atoms with Gasteiger partial charge >= 0.3 is 0 Å². The highest BCUT2D eigenvalue weighted by Crippen LogP contribution is 2.29.